The zero-order valence-corrected chi connectivity index (χ0v) is 9.12. The van der Waals surface area contributed by atoms with Crippen molar-refractivity contribution in [2.45, 2.75) is 38.6 Å². The Bertz CT molecular complexity index is 311. The number of hydrogen-bond acceptors (Lipinski definition) is 2. The molecule has 0 aromatic rings. The molecule has 0 aromatic heterocycles. The Morgan fingerprint density at radius 2 is 1.93 bits per heavy atom. The van der Waals surface area contributed by atoms with E-state index >= 15 is 0 Å². The molecule has 0 bridgehead atoms. The van der Waals surface area contributed by atoms with E-state index in [2.05, 4.69) is 5.32 Å². The van der Waals surface area contributed by atoms with Crippen LogP contribution in [0.25, 0.3) is 0 Å². The molecule has 15 heavy (non-hydrogen) atoms. The van der Waals surface area contributed by atoms with E-state index in [1.54, 1.807) is 6.92 Å². The number of carboxylic acid groups (broad SMARTS) is 1. The van der Waals surface area contributed by atoms with Crippen LogP contribution in [0.15, 0.2) is 0 Å². The van der Waals surface area contributed by atoms with Crippen LogP contribution in [-0.4, -0.2) is 22.5 Å². The monoisotopic (exact) mass is 211 g/mol. The van der Waals surface area contributed by atoms with Crippen molar-refractivity contribution in [1.82, 2.24) is 5.32 Å². The lowest BCUT2D eigenvalue weighted by atomic mass is 9.95. The van der Waals surface area contributed by atoms with Crippen LogP contribution in [0.2, 0.25) is 0 Å². The van der Waals surface area contributed by atoms with Crippen LogP contribution >= 0.6 is 0 Å². The Morgan fingerprint density at radius 1 is 1.40 bits per heavy atom. The summed E-state index contributed by atoms with van der Waals surface area (Å²) in [5.41, 5.74) is -1.04. The largest absolute Gasteiger partial charge is 0.480 e. The minimum Gasteiger partial charge on any atom is -0.480 e. The maximum atomic E-state index is 11.7. The smallest absolute Gasteiger partial charge is 0.329 e. The van der Waals surface area contributed by atoms with Gasteiger partial charge in [-0.05, 0) is 38.0 Å². The van der Waals surface area contributed by atoms with Crippen LogP contribution in [0.5, 0.6) is 0 Å². The van der Waals surface area contributed by atoms with Gasteiger partial charge in [0, 0.05) is 5.92 Å². The van der Waals surface area contributed by atoms with E-state index in [-0.39, 0.29) is 17.7 Å². The van der Waals surface area contributed by atoms with E-state index in [1.807, 2.05) is 6.92 Å². The molecule has 84 valence electrons. The summed E-state index contributed by atoms with van der Waals surface area (Å²) in [4.78, 5) is 22.8. The topological polar surface area (TPSA) is 66.4 Å². The van der Waals surface area contributed by atoms with Crippen LogP contribution < -0.4 is 5.32 Å². The number of carbonyl (C=O) groups is 2. The number of aliphatic carboxylic acids is 1. The van der Waals surface area contributed by atoms with Crippen molar-refractivity contribution >= 4 is 11.9 Å². The third-order valence-electron chi connectivity index (χ3n) is 3.67. The first-order valence-corrected chi connectivity index (χ1v) is 5.50. The molecule has 0 aromatic carbocycles. The lowest BCUT2D eigenvalue weighted by molar-refractivity contribution is -0.148. The van der Waals surface area contributed by atoms with Crippen molar-refractivity contribution in [2.75, 3.05) is 0 Å². The molecule has 3 unspecified atom stereocenters. The van der Waals surface area contributed by atoms with Crippen molar-refractivity contribution in [3.05, 3.63) is 0 Å². The van der Waals surface area contributed by atoms with Gasteiger partial charge in [0.2, 0.25) is 5.91 Å². The van der Waals surface area contributed by atoms with Crippen LogP contribution in [0.3, 0.4) is 0 Å². The zero-order valence-electron chi connectivity index (χ0n) is 9.12. The fourth-order valence-corrected chi connectivity index (χ4v) is 2.03. The van der Waals surface area contributed by atoms with Crippen LogP contribution in [-0.2, 0) is 9.59 Å². The lowest BCUT2D eigenvalue weighted by Crippen LogP contribution is -2.54. The van der Waals surface area contributed by atoms with Crippen LogP contribution in [0.4, 0.5) is 0 Å². The highest BCUT2D eigenvalue weighted by Gasteiger charge is 2.51. The summed E-state index contributed by atoms with van der Waals surface area (Å²) in [5, 5.41) is 11.9. The van der Waals surface area contributed by atoms with E-state index in [4.69, 9.17) is 5.11 Å². The molecule has 2 saturated carbocycles. The van der Waals surface area contributed by atoms with Gasteiger partial charge in [0.1, 0.15) is 5.54 Å². The van der Waals surface area contributed by atoms with E-state index in [0.717, 1.165) is 19.3 Å². The SMILES string of the molecule is CC1CC1C(=O)NC(C)(C(=O)O)C1CC1. The molecule has 0 saturated heterocycles. The standard InChI is InChI=1S/C11H17NO3/c1-6-5-8(6)9(13)12-11(2,10(14)15)7-3-4-7/h6-8H,3-5H2,1-2H3,(H,12,13)(H,14,15). The van der Waals surface area contributed by atoms with Gasteiger partial charge in [-0.25, -0.2) is 4.79 Å². The molecule has 3 atom stereocenters. The molecule has 4 nitrogen and oxygen atoms in total. The number of amides is 1. The maximum absolute atomic E-state index is 11.7. The molecule has 1 amide bonds. The zero-order chi connectivity index (χ0) is 11.2. The Hall–Kier alpha value is -1.06. The summed E-state index contributed by atoms with van der Waals surface area (Å²) < 4.78 is 0. The van der Waals surface area contributed by atoms with Gasteiger partial charge >= 0.3 is 5.97 Å². The summed E-state index contributed by atoms with van der Waals surface area (Å²) >= 11 is 0. The second-order valence-corrected chi connectivity index (χ2v) is 5.09. The first-order valence-electron chi connectivity index (χ1n) is 5.50. The van der Waals surface area contributed by atoms with Gasteiger partial charge in [-0.1, -0.05) is 6.92 Å². The fraction of sp³-hybridized carbons (Fsp3) is 0.818. The molecule has 0 spiro atoms. The Labute approximate surface area is 89.0 Å². The van der Waals surface area contributed by atoms with Gasteiger partial charge in [-0.2, -0.15) is 0 Å². The number of hydrogen-bond donors (Lipinski definition) is 2. The molecule has 4 heteroatoms. The highest BCUT2D eigenvalue weighted by atomic mass is 16.4. The molecule has 0 radical (unpaired) electrons. The molecular formula is C11H17NO3. The third kappa shape index (κ3) is 1.85. The molecule has 2 fully saturated rings. The van der Waals surface area contributed by atoms with E-state index in [9.17, 15) is 9.59 Å². The average molecular weight is 211 g/mol. The van der Waals surface area contributed by atoms with Crippen LogP contribution in [0.1, 0.15) is 33.1 Å². The minimum atomic E-state index is -1.04. The maximum Gasteiger partial charge on any atom is 0.329 e. The number of rotatable bonds is 4. The van der Waals surface area contributed by atoms with Gasteiger partial charge in [0.05, 0.1) is 0 Å². The Kier molecular flexibility index (Phi) is 2.24. The van der Waals surface area contributed by atoms with Crippen molar-refractivity contribution in [2.24, 2.45) is 17.8 Å². The van der Waals surface area contributed by atoms with Gasteiger partial charge < -0.3 is 10.4 Å². The predicted molar refractivity (Wildman–Crippen MR) is 54.2 cm³/mol. The molecule has 0 heterocycles. The lowest BCUT2D eigenvalue weighted by Gasteiger charge is -2.26. The average Bonchev–Trinajstić information content (AvgIpc) is 2.95. The van der Waals surface area contributed by atoms with E-state index in [0.29, 0.717) is 5.92 Å². The van der Waals surface area contributed by atoms with E-state index < -0.39 is 11.5 Å². The quantitative estimate of drug-likeness (QED) is 0.729. The number of carbonyl (C=O) groups excluding carboxylic acids is 1. The molecule has 2 aliphatic carbocycles. The minimum absolute atomic E-state index is 0.0439. The summed E-state index contributed by atoms with van der Waals surface area (Å²) in [6.07, 6.45) is 2.71. The van der Waals surface area contributed by atoms with Crippen molar-refractivity contribution in [3.8, 4) is 0 Å². The summed E-state index contributed by atoms with van der Waals surface area (Å²) in [6, 6.07) is 0. The molecule has 2 aliphatic rings. The fourth-order valence-electron chi connectivity index (χ4n) is 2.03. The van der Waals surface area contributed by atoms with Crippen molar-refractivity contribution in [3.63, 3.8) is 0 Å². The summed E-state index contributed by atoms with van der Waals surface area (Å²) in [6.45, 7) is 3.64. The highest BCUT2D eigenvalue weighted by molar-refractivity contribution is 5.89. The molecule has 2 N–H and O–H groups in total. The van der Waals surface area contributed by atoms with Gasteiger partial charge in [0.15, 0.2) is 0 Å². The first kappa shape index (κ1) is 10.5. The molecular weight excluding hydrogens is 194 g/mol. The van der Waals surface area contributed by atoms with Gasteiger partial charge in [-0.3, -0.25) is 4.79 Å². The highest BCUT2D eigenvalue weighted by Crippen LogP contribution is 2.42. The van der Waals surface area contributed by atoms with Gasteiger partial charge in [0.25, 0.3) is 0 Å². The third-order valence-corrected chi connectivity index (χ3v) is 3.67. The first-order chi connectivity index (χ1) is 6.95. The van der Waals surface area contributed by atoms with Gasteiger partial charge in [-0.15, -0.1) is 0 Å². The predicted octanol–water partition coefficient (Wildman–Crippen LogP) is 1.01. The molecule has 0 aliphatic heterocycles. The van der Waals surface area contributed by atoms with Crippen molar-refractivity contribution in [1.29, 1.82) is 0 Å². The number of carboxylic acids is 1. The molecule has 2 rings (SSSR count). The van der Waals surface area contributed by atoms with Crippen LogP contribution in [0, 0.1) is 17.8 Å². The Balaban J connectivity index is 2.00. The van der Waals surface area contributed by atoms with E-state index in [1.165, 1.54) is 0 Å². The second-order valence-electron chi connectivity index (χ2n) is 5.09. The Morgan fingerprint density at radius 3 is 2.27 bits per heavy atom. The summed E-state index contributed by atoms with van der Waals surface area (Å²) in [7, 11) is 0. The summed E-state index contributed by atoms with van der Waals surface area (Å²) in [5.74, 6) is -0.413. The normalized spacial score (nSPS) is 32.9. The number of nitrogens with one attached hydrogen (secondary N) is 1. The van der Waals surface area contributed by atoms with Crippen molar-refractivity contribution < 1.29 is 14.7 Å². The second kappa shape index (κ2) is 3.22.